The molecule has 6 nitrogen and oxygen atoms in total. The number of carboxylic acids is 1. The van der Waals surface area contributed by atoms with Crippen LogP contribution in [0, 0.1) is 11.3 Å². The first-order chi connectivity index (χ1) is 8.66. The fraction of sp³-hybridized carbons (Fsp3) is 0.846. The smallest absolute Gasteiger partial charge is 0.306 e. The molecule has 0 aromatic rings. The summed E-state index contributed by atoms with van der Waals surface area (Å²) in [5.74, 6) is -1.52. The highest BCUT2D eigenvalue weighted by molar-refractivity contribution is 5.80. The quantitative estimate of drug-likeness (QED) is 0.547. The van der Waals surface area contributed by atoms with Gasteiger partial charge in [0, 0.05) is 13.1 Å². The summed E-state index contributed by atoms with van der Waals surface area (Å²) in [7, 11) is 0. The van der Waals surface area contributed by atoms with Crippen LogP contribution < -0.4 is 11.1 Å². The Balaban J connectivity index is 2.38. The number of nitrogens with two attached hydrogens (primary N) is 1. The molecule has 0 heterocycles. The van der Waals surface area contributed by atoms with Crippen molar-refractivity contribution in [3.8, 4) is 0 Å². The van der Waals surface area contributed by atoms with Gasteiger partial charge in [0.05, 0.1) is 16.9 Å². The van der Waals surface area contributed by atoms with Crippen LogP contribution in [0.15, 0.2) is 0 Å². The number of carbonyl (C=O) groups is 2. The van der Waals surface area contributed by atoms with Crippen molar-refractivity contribution in [2.24, 2.45) is 17.1 Å². The van der Waals surface area contributed by atoms with E-state index in [9.17, 15) is 14.7 Å². The van der Waals surface area contributed by atoms with Crippen LogP contribution in [0.5, 0.6) is 0 Å². The van der Waals surface area contributed by atoms with Crippen molar-refractivity contribution >= 4 is 11.9 Å². The van der Waals surface area contributed by atoms with Crippen LogP contribution in [0.4, 0.5) is 0 Å². The molecule has 1 saturated carbocycles. The summed E-state index contributed by atoms with van der Waals surface area (Å²) in [5.41, 5.74) is 3.73. The van der Waals surface area contributed by atoms with Crippen LogP contribution in [0.25, 0.3) is 0 Å². The molecule has 0 saturated heterocycles. The Morgan fingerprint density at radius 3 is 2.32 bits per heavy atom. The molecule has 0 aliphatic heterocycles. The van der Waals surface area contributed by atoms with Crippen LogP contribution >= 0.6 is 0 Å². The normalized spacial score (nSPS) is 28.1. The van der Waals surface area contributed by atoms with E-state index in [-0.39, 0.29) is 11.8 Å². The number of hydrogen-bond donors (Lipinski definition) is 4. The number of rotatable bonds is 6. The highest BCUT2D eigenvalue weighted by atomic mass is 16.4. The number of amides is 1. The standard InChI is InChI=1S/C13H24N2O4/c1-12(2,11(14)18)7-15-8-13(19)5-3-9(4-6-13)10(16)17/h9,15,19H,3-8H2,1-2H3,(H2,14,18)(H,16,17). The molecule has 0 aromatic heterocycles. The number of carboxylic acid groups (broad SMARTS) is 1. The summed E-state index contributed by atoms with van der Waals surface area (Å²) in [4.78, 5) is 22.0. The van der Waals surface area contributed by atoms with E-state index in [1.54, 1.807) is 13.8 Å². The molecule has 0 spiro atoms. The van der Waals surface area contributed by atoms with Gasteiger partial charge in [-0.3, -0.25) is 9.59 Å². The molecule has 6 heteroatoms. The molecule has 0 unspecified atom stereocenters. The zero-order chi connectivity index (χ0) is 14.7. The lowest BCUT2D eigenvalue weighted by molar-refractivity contribution is -0.144. The third-order valence-corrected chi connectivity index (χ3v) is 3.95. The molecule has 1 amide bonds. The summed E-state index contributed by atoms with van der Waals surface area (Å²) < 4.78 is 0. The van der Waals surface area contributed by atoms with Gasteiger partial charge in [0.2, 0.25) is 5.91 Å². The van der Waals surface area contributed by atoms with Crippen LogP contribution in [-0.2, 0) is 9.59 Å². The first-order valence-electron chi connectivity index (χ1n) is 6.62. The van der Waals surface area contributed by atoms with Crippen LogP contribution in [0.2, 0.25) is 0 Å². The number of aliphatic carboxylic acids is 1. The number of hydrogen-bond acceptors (Lipinski definition) is 4. The van der Waals surface area contributed by atoms with Crippen molar-refractivity contribution in [1.82, 2.24) is 5.32 Å². The molecule has 0 radical (unpaired) electrons. The SMILES string of the molecule is CC(C)(CNCC1(O)CCC(C(=O)O)CC1)C(N)=O. The van der Waals surface area contributed by atoms with Gasteiger partial charge in [0.15, 0.2) is 0 Å². The highest BCUT2D eigenvalue weighted by Crippen LogP contribution is 2.31. The largest absolute Gasteiger partial charge is 0.481 e. The van der Waals surface area contributed by atoms with E-state index in [2.05, 4.69) is 5.32 Å². The molecule has 0 aromatic carbocycles. The highest BCUT2D eigenvalue weighted by Gasteiger charge is 2.36. The minimum Gasteiger partial charge on any atom is -0.481 e. The Bertz CT molecular complexity index is 347. The van der Waals surface area contributed by atoms with E-state index in [0.29, 0.717) is 38.8 Å². The molecule has 5 N–H and O–H groups in total. The van der Waals surface area contributed by atoms with Gasteiger partial charge < -0.3 is 21.3 Å². The molecule has 1 aliphatic rings. The maximum atomic E-state index is 11.2. The Morgan fingerprint density at radius 2 is 1.89 bits per heavy atom. The Labute approximate surface area is 113 Å². The molecule has 0 atom stereocenters. The number of nitrogens with one attached hydrogen (secondary N) is 1. The van der Waals surface area contributed by atoms with Crippen molar-refractivity contribution in [2.75, 3.05) is 13.1 Å². The lowest BCUT2D eigenvalue weighted by atomic mass is 9.78. The topological polar surface area (TPSA) is 113 Å². The molecule has 110 valence electrons. The van der Waals surface area contributed by atoms with Crippen molar-refractivity contribution in [2.45, 2.75) is 45.1 Å². The predicted molar refractivity (Wildman–Crippen MR) is 70.4 cm³/mol. The predicted octanol–water partition coefficient (Wildman–Crippen LogP) is 0.0934. The summed E-state index contributed by atoms with van der Waals surface area (Å²) in [6.45, 7) is 4.24. The van der Waals surface area contributed by atoms with Crippen LogP contribution in [0.1, 0.15) is 39.5 Å². The van der Waals surface area contributed by atoms with Crippen LogP contribution in [0.3, 0.4) is 0 Å². The number of aliphatic hydroxyl groups is 1. The maximum Gasteiger partial charge on any atom is 0.306 e. The van der Waals surface area contributed by atoms with Gasteiger partial charge in [-0.15, -0.1) is 0 Å². The van der Waals surface area contributed by atoms with E-state index in [1.807, 2.05) is 0 Å². The Hall–Kier alpha value is -1.14. The summed E-state index contributed by atoms with van der Waals surface area (Å²) in [6, 6.07) is 0. The van der Waals surface area contributed by atoms with Crippen molar-refractivity contribution in [3.05, 3.63) is 0 Å². The van der Waals surface area contributed by atoms with Gasteiger partial charge in [-0.1, -0.05) is 0 Å². The first kappa shape index (κ1) is 15.9. The van der Waals surface area contributed by atoms with E-state index in [0.717, 1.165) is 0 Å². The lowest BCUT2D eigenvalue weighted by Crippen LogP contribution is -2.48. The van der Waals surface area contributed by atoms with E-state index >= 15 is 0 Å². The van der Waals surface area contributed by atoms with Crippen LogP contribution in [-0.4, -0.2) is 40.8 Å². The monoisotopic (exact) mass is 272 g/mol. The molecule has 19 heavy (non-hydrogen) atoms. The Kier molecular flexibility index (Phi) is 4.92. The molecular formula is C13H24N2O4. The third-order valence-electron chi connectivity index (χ3n) is 3.95. The van der Waals surface area contributed by atoms with Crippen molar-refractivity contribution in [1.29, 1.82) is 0 Å². The van der Waals surface area contributed by atoms with E-state index in [4.69, 9.17) is 10.8 Å². The second kappa shape index (κ2) is 5.88. The van der Waals surface area contributed by atoms with Gasteiger partial charge in [0.25, 0.3) is 0 Å². The Morgan fingerprint density at radius 1 is 1.37 bits per heavy atom. The molecule has 0 bridgehead atoms. The van der Waals surface area contributed by atoms with Gasteiger partial charge in [-0.25, -0.2) is 0 Å². The fourth-order valence-corrected chi connectivity index (χ4v) is 2.27. The zero-order valence-electron chi connectivity index (χ0n) is 11.6. The lowest BCUT2D eigenvalue weighted by Gasteiger charge is -2.35. The number of primary amides is 1. The average molecular weight is 272 g/mol. The summed E-state index contributed by atoms with van der Waals surface area (Å²) in [6.07, 6.45) is 1.92. The first-order valence-corrected chi connectivity index (χ1v) is 6.62. The second-order valence-electron chi connectivity index (χ2n) is 6.19. The van der Waals surface area contributed by atoms with Gasteiger partial charge in [0.1, 0.15) is 0 Å². The second-order valence-corrected chi connectivity index (χ2v) is 6.19. The third kappa shape index (κ3) is 4.47. The minimum atomic E-state index is -0.875. The van der Waals surface area contributed by atoms with Crippen molar-refractivity contribution in [3.63, 3.8) is 0 Å². The fourth-order valence-electron chi connectivity index (χ4n) is 2.27. The number of carbonyl (C=O) groups excluding carboxylic acids is 1. The summed E-state index contributed by atoms with van der Waals surface area (Å²) >= 11 is 0. The van der Waals surface area contributed by atoms with E-state index < -0.39 is 17.0 Å². The molecular weight excluding hydrogens is 248 g/mol. The molecule has 1 rings (SSSR count). The zero-order valence-corrected chi connectivity index (χ0v) is 11.6. The maximum absolute atomic E-state index is 11.2. The van der Waals surface area contributed by atoms with E-state index in [1.165, 1.54) is 0 Å². The van der Waals surface area contributed by atoms with Gasteiger partial charge >= 0.3 is 5.97 Å². The van der Waals surface area contributed by atoms with Gasteiger partial charge in [-0.05, 0) is 39.5 Å². The van der Waals surface area contributed by atoms with Gasteiger partial charge in [-0.2, -0.15) is 0 Å². The average Bonchev–Trinajstić information content (AvgIpc) is 2.28. The molecule has 1 aliphatic carbocycles. The summed E-state index contributed by atoms with van der Waals surface area (Å²) in [5, 5.41) is 22.3. The molecule has 1 fully saturated rings. The van der Waals surface area contributed by atoms with Crippen molar-refractivity contribution < 1.29 is 19.8 Å². The minimum absolute atomic E-state index is 0.345.